The molecule has 0 aliphatic carbocycles. The molecule has 0 aliphatic rings. The van der Waals surface area contributed by atoms with Crippen molar-refractivity contribution in [3.05, 3.63) is 58.0 Å². The third-order valence-corrected chi connectivity index (χ3v) is 4.90. The number of aromatic nitrogens is 3. The molecule has 26 heavy (non-hydrogen) atoms. The van der Waals surface area contributed by atoms with Gasteiger partial charge in [-0.25, -0.2) is 9.97 Å². The maximum absolute atomic E-state index is 11.4. The largest absolute Gasteiger partial charge is 0.481 e. The van der Waals surface area contributed by atoms with Gasteiger partial charge in [-0.1, -0.05) is 35.3 Å². The summed E-state index contributed by atoms with van der Waals surface area (Å²) in [5.41, 5.74) is 1.67. The topological polar surface area (TPSA) is 68.0 Å². The van der Waals surface area contributed by atoms with E-state index in [2.05, 4.69) is 9.97 Å². The molecule has 5 nitrogen and oxygen atoms in total. The molecular weight excluding hydrogens is 373 g/mol. The summed E-state index contributed by atoms with van der Waals surface area (Å²) >= 11 is 12.0. The van der Waals surface area contributed by atoms with Gasteiger partial charge in [0.1, 0.15) is 11.3 Å². The van der Waals surface area contributed by atoms with Crippen LogP contribution in [0, 0.1) is 5.41 Å². The number of hydrogen-bond acceptors (Lipinski definition) is 3. The second kappa shape index (κ2) is 7.25. The third-order valence-electron chi connectivity index (χ3n) is 4.44. The van der Waals surface area contributed by atoms with Crippen LogP contribution >= 0.6 is 23.2 Å². The Morgan fingerprint density at radius 1 is 1.19 bits per heavy atom. The average Bonchev–Trinajstić information content (AvgIpc) is 2.91. The Balaban J connectivity index is 1.98. The van der Waals surface area contributed by atoms with Crippen molar-refractivity contribution in [1.29, 1.82) is 0 Å². The first kappa shape index (κ1) is 18.7. The number of hydrogen-bond donors (Lipinski definition) is 1. The van der Waals surface area contributed by atoms with Crippen molar-refractivity contribution in [3.8, 4) is 0 Å². The van der Waals surface area contributed by atoms with E-state index in [9.17, 15) is 9.90 Å². The molecule has 3 rings (SSSR count). The van der Waals surface area contributed by atoms with E-state index in [0.29, 0.717) is 34.9 Å². The average molecular weight is 392 g/mol. The summed E-state index contributed by atoms with van der Waals surface area (Å²) in [4.78, 5) is 20.5. The number of pyridine rings is 1. The number of carboxylic acid groups (broad SMARTS) is 1. The van der Waals surface area contributed by atoms with Crippen molar-refractivity contribution in [1.82, 2.24) is 14.5 Å². The van der Waals surface area contributed by atoms with Gasteiger partial charge in [0.2, 0.25) is 0 Å². The van der Waals surface area contributed by atoms with Crippen LogP contribution in [0.15, 0.2) is 36.5 Å². The van der Waals surface area contributed by atoms with Crippen molar-refractivity contribution in [2.24, 2.45) is 5.41 Å². The van der Waals surface area contributed by atoms with Gasteiger partial charge in [-0.3, -0.25) is 4.79 Å². The fourth-order valence-electron chi connectivity index (χ4n) is 2.69. The lowest BCUT2D eigenvalue weighted by atomic mass is 9.88. The number of rotatable bonds is 6. The summed E-state index contributed by atoms with van der Waals surface area (Å²) in [5, 5.41) is 10.6. The van der Waals surface area contributed by atoms with E-state index < -0.39 is 11.4 Å². The molecule has 3 aromatic rings. The molecule has 0 spiro atoms. The Morgan fingerprint density at radius 3 is 2.54 bits per heavy atom. The van der Waals surface area contributed by atoms with Crippen LogP contribution in [0.4, 0.5) is 0 Å². The molecule has 0 unspecified atom stereocenters. The normalized spacial score (nSPS) is 11.8. The number of aryl methyl sites for hydroxylation is 1. The zero-order valence-corrected chi connectivity index (χ0v) is 16.1. The highest BCUT2D eigenvalue weighted by molar-refractivity contribution is 6.31. The molecule has 0 aliphatic heterocycles. The minimum Gasteiger partial charge on any atom is -0.481 e. The first-order chi connectivity index (χ1) is 12.3. The highest BCUT2D eigenvalue weighted by Crippen LogP contribution is 2.26. The maximum Gasteiger partial charge on any atom is 0.309 e. The van der Waals surface area contributed by atoms with Crippen molar-refractivity contribution in [2.45, 2.75) is 33.2 Å². The molecule has 0 amide bonds. The van der Waals surface area contributed by atoms with Crippen molar-refractivity contribution >= 4 is 40.3 Å². The Kier molecular flexibility index (Phi) is 5.21. The second-order valence-electron chi connectivity index (χ2n) is 6.93. The maximum atomic E-state index is 11.4. The highest BCUT2D eigenvalue weighted by atomic mass is 35.5. The summed E-state index contributed by atoms with van der Waals surface area (Å²) in [7, 11) is 0. The first-order valence-corrected chi connectivity index (χ1v) is 9.00. The van der Waals surface area contributed by atoms with E-state index in [0.717, 1.165) is 17.0 Å². The fourth-order valence-corrected chi connectivity index (χ4v) is 2.97. The minimum atomic E-state index is -0.825. The van der Waals surface area contributed by atoms with Crippen molar-refractivity contribution < 1.29 is 9.90 Å². The van der Waals surface area contributed by atoms with Crippen LogP contribution in [-0.4, -0.2) is 25.6 Å². The number of carboxylic acids is 1. The molecule has 0 atom stereocenters. The van der Waals surface area contributed by atoms with E-state index in [4.69, 9.17) is 23.2 Å². The van der Waals surface area contributed by atoms with Gasteiger partial charge in [0, 0.05) is 17.6 Å². The summed E-state index contributed by atoms with van der Waals surface area (Å²) in [6.07, 6.45) is 2.59. The monoisotopic (exact) mass is 391 g/mol. The van der Waals surface area contributed by atoms with Crippen molar-refractivity contribution in [2.75, 3.05) is 0 Å². The van der Waals surface area contributed by atoms with Gasteiger partial charge < -0.3 is 9.67 Å². The molecule has 136 valence electrons. The van der Waals surface area contributed by atoms with Crippen LogP contribution in [0.2, 0.25) is 10.0 Å². The molecule has 1 N–H and O–H groups in total. The van der Waals surface area contributed by atoms with E-state index in [1.165, 1.54) is 0 Å². The predicted molar refractivity (Wildman–Crippen MR) is 103 cm³/mol. The first-order valence-electron chi connectivity index (χ1n) is 8.25. The van der Waals surface area contributed by atoms with Gasteiger partial charge in [-0.15, -0.1) is 0 Å². The van der Waals surface area contributed by atoms with E-state index in [-0.39, 0.29) is 0 Å². The van der Waals surface area contributed by atoms with Crippen LogP contribution in [0.5, 0.6) is 0 Å². The molecule has 2 aromatic heterocycles. The molecule has 0 saturated heterocycles. The van der Waals surface area contributed by atoms with Gasteiger partial charge in [0.15, 0.2) is 5.65 Å². The van der Waals surface area contributed by atoms with Gasteiger partial charge in [-0.05, 0) is 44.0 Å². The minimum absolute atomic E-state index is 0.472. The van der Waals surface area contributed by atoms with Crippen LogP contribution in [0.3, 0.4) is 0 Å². The standard InChI is InChI=1S/C19H19Cl2N3O2/c1-19(2,18(25)26)8-7-16-23-15-9-14(21)10-22-17(15)24(16)11-12-3-5-13(20)6-4-12/h3-6,9-10H,7-8,11H2,1-2H3,(H,25,26). The summed E-state index contributed by atoms with van der Waals surface area (Å²) in [6, 6.07) is 9.36. The Bertz CT molecular complexity index is 949. The summed E-state index contributed by atoms with van der Waals surface area (Å²) in [6.45, 7) is 4.01. The van der Waals surface area contributed by atoms with Crippen LogP contribution in [-0.2, 0) is 17.8 Å². The fraction of sp³-hybridized carbons (Fsp3) is 0.316. The molecule has 7 heteroatoms. The number of imidazole rings is 1. The van der Waals surface area contributed by atoms with Crippen LogP contribution in [0.1, 0.15) is 31.7 Å². The van der Waals surface area contributed by atoms with Gasteiger partial charge in [-0.2, -0.15) is 0 Å². The highest BCUT2D eigenvalue weighted by Gasteiger charge is 2.27. The third kappa shape index (κ3) is 4.00. The molecule has 0 bridgehead atoms. The zero-order valence-electron chi connectivity index (χ0n) is 14.5. The smallest absolute Gasteiger partial charge is 0.309 e. The van der Waals surface area contributed by atoms with E-state index >= 15 is 0 Å². The molecule has 2 heterocycles. The van der Waals surface area contributed by atoms with Crippen molar-refractivity contribution in [3.63, 3.8) is 0 Å². The van der Waals surface area contributed by atoms with Gasteiger partial charge in [0.05, 0.1) is 17.0 Å². The second-order valence-corrected chi connectivity index (χ2v) is 7.80. The number of halogens is 2. The Morgan fingerprint density at radius 2 is 1.88 bits per heavy atom. The summed E-state index contributed by atoms with van der Waals surface area (Å²) in [5.74, 6) is -0.0296. The predicted octanol–water partition coefficient (Wildman–Crippen LogP) is 4.83. The number of aliphatic carboxylic acids is 1. The van der Waals surface area contributed by atoms with Gasteiger partial charge in [0.25, 0.3) is 0 Å². The molecule has 0 radical (unpaired) electrons. The number of fused-ring (bicyclic) bond motifs is 1. The van der Waals surface area contributed by atoms with E-state index in [1.54, 1.807) is 26.1 Å². The van der Waals surface area contributed by atoms with Gasteiger partial charge >= 0.3 is 5.97 Å². The summed E-state index contributed by atoms with van der Waals surface area (Å²) < 4.78 is 2.01. The van der Waals surface area contributed by atoms with Crippen LogP contribution < -0.4 is 0 Å². The Labute approximate surface area is 161 Å². The molecular formula is C19H19Cl2N3O2. The van der Waals surface area contributed by atoms with Crippen LogP contribution in [0.25, 0.3) is 11.2 Å². The SMILES string of the molecule is CC(C)(CCc1nc2cc(Cl)cnc2n1Cc1ccc(Cl)cc1)C(=O)O. The lowest BCUT2D eigenvalue weighted by Gasteiger charge is -2.19. The Hall–Kier alpha value is -2.11. The lowest BCUT2D eigenvalue weighted by molar-refractivity contribution is -0.147. The number of nitrogens with zero attached hydrogens (tertiary/aromatic N) is 3. The number of carbonyl (C=O) groups is 1. The lowest BCUT2D eigenvalue weighted by Crippen LogP contribution is -2.24. The molecule has 1 aromatic carbocycles. The quantitative estimate of drug-likeness (QED) is 0.653. The molecule has 0 saturated carbocycles. The molecule has 0 fully saturated rings. The zero-order chi connectivity index (χ0) is 18.9. The van der Waals surface area contributed by atoms with E-state index in [1.807, 2.05) is 28.8 Å². The number of benzene rings is 1.